The summed E-state index contributed by atoms with van der Waals surface area (Å²) in [5.74, 6) is -0.177. The smallest absolute Gasteiger partial charge is 0.290 e. The van der Waals surface area contributed by atoms with Gasteiger partial charge in [0.15, 0.2) is 11.5 Å². The first-order chi connectivity index (χ1) is 13.0. The Kier molecular flexibility index (Phi) is 4.76. The van der Waals surface area contributed by atoms with Gasteiger partial charge < -0.3 is 14.4 Å². The van der Waals surface area contributed by atoms with Crippen LogP contribution in [0.1, 0.15) is 37.8 Å². The van der Waals surface area contributed by atoms with Gasteiger partial charge in [-0.1, -0.05) is 19.1 Å². The summed E-state index contributed by atoms with van der Waals surface area (Å²) in [7, 11) is 1.57. The summed E-state index contributed by atoms with van der Waals surface area (Å²) in [6.45, 7) is 2.84. The zero-order valence-electron chi connectivity index (χ0n) is 15.6. The van der Waals surface area contributed by atoms with E-state index in [4.69, 9.17) is 9.47 Å². The van der Waals surface area contributed by atoms with Gasteiger partial charge >= 0.3 is 0 Å². The van der Waals surface area contributed by atoms with E-state index in [1.165, 1.54) is 12.1 Å². The van der Waals surface area contributed by atoms with Crippen LogP contribution in [0, 0.1) is 17.7 Å². The number of amides is 1. The zero-order valence-corrected chi connectivity index (χ0v) is 15.6. The number of rotatable bonds is 4. The van der Waals surface area contributed by atoms with Gasteiger partial charge in [-0.05, 0) is 42.9 Å². The lowest BCUT2D eigenvalue weighted by Gasteiger charge is -2.37. The highest BCUT2D eigenvalue weighted by Crippen LogP contribution is 2.47. The first-order valence-corrected chi connectivity index (χ1v) is 9.51. The molecule has 0 radical (unpaired) electrons. The fraction of sp³-hybridized carbons (Fsp3) is 0.524. The van der Waals surface area contributed by atoms with Gasteiger partial charge in [-0.25, -0.2) is 4.39 Å². The van der Waals surface area contributed by atoms with Crippen molar-refractivity contribution >= 4 is 11.7 Å². The molecule has 1 aliphatic carbocycles. The van der Waals surface area contributed by atoms with Crippen LogP contribution in [0.3, 0.4) is 0 Å². The molecule has 27 heavy (non-hydrogen) atoms. The molecule has 1 aromatic carbocycles. The molecule has 1 fully saturated rings. The molecule has 1 amide bonds. The molecule has 6 heteroatoms. The van der Waals surface area contributed by atoms with Gasteiger partial charge in [-0.3, -0.25) is 9.59 Å². The standard InChI is InChI=1S/C21H24FNO4/c1-12-3-8-16-15(11-12)19(24)17-18(13-4-6-14(22)7-5-13)23(9-10-26-2)21(25)20(17)27-16/h4-7,12,15-16,18H,3,8-11H2,1-2H3. The Labute approximate surface area is 158 Å². The Balaban J connectivity index is 1.75. The van der Waals surface area contributed by atoms with E-state index < -0.39 is 6.04 Å². The predicted octanol–water partition coefficient (Wildman–Crippen LogP) is 3.01. The molecule has 4 unspecified atom stereocenters. The zero-order chi connectivity index (χ0) is 19.1. The van der Waals surface area contributed by atoms with Gasteiger partial charge in [0.05, 0.1) is 24.1 Å². The van der Waals surface area contributed by atoms with Crippen LogP contribution in [0.4, 0.5) is 4.39 Å². The topological polar surface area (TPSA) is 55.8 Å². The normalized spacial score (nSPS) is 30.3. The Hall–Kier alpha value is -2.21. The monoisotopic (exact) mass is 373 g/mol. The number of hydrogen-bond acceptors (Lipinski definition) is 4. The number of fused-ring (bicyclic) bond motifs is 1. The molecule has 1 saturated carbocycles. The van der Waals surface area contributed by atoms with Crippen LogP contribution in [-0.4, -0.2) is 43.0 Å². The van der Waals surface area contributed by atoms with E-state index in [1.54, 1.807) is 24.1 Å². The van der Waals surface area contributed by atoms with Gasteiger partial charge in [0.2, 0.25) is 0 Å². The SMILES string of the molecule is COCCN1C(=O)C2=C(C(=O)C3CC(C)CCC3O2)C1c1ccc(F)cc1. The van der Waals surface area contributed by atoms with Crippen molar-refractivity contribution in [1.82, 2.24) is 4.90 Å². The summed E-state index contributed by atoms with van der Waals surface area (Å²) in [5.41, 5.74) is 1.14. The average Bonchev–Trinajstić information content (AvgIpc) is 2.94. The van der Waals surface area contributed by atoms with Crippen molar-refractivity contribution in [1.29, 1.82) is 0 Å². The van der Waals surface area contributed by atoms with Gasteiger partial charge in [0.25, 0.3) is 5.91 Å². The number of ketones is 1. The maximum Gasteiger partial charge on any atom is 0.290 e. The first-order valence-electron chi connectivity index (χ1n) is 9.51. The molecular formula is C21H24FNO4. The van der Waals surface area contributed by atoms with Gasteiger partial charge in [-0.2, -0.15) is 0 Å². The van der Waals surface area contributed by atoms with Crippen molar-refractivity contribution in [3.63, 3.8) is 0 Å². The summed E-state index contributed by atoms with van der Waals surface area (Å²) < 4.78 is 24.6. The van der Waals surface area contributed by atoms with Crippen LogP contribution in [-0.2, 0) is 19.1 Å². The number of hydrogen-bond donors (Lipinski definition) is 0. The van der Waals surface area contributed by atoms with Crippen LogP contribution in [0.2, 0.25) is 0 Å². The fourth-order valence-electron chi connectivity index (χ4n) is 4.54. The number of benzene rings is 1. The minimum absolute atomic E-state index is 0.00962. The van der Waals surface area contributed by atoms with Gasteiger partial charge in [0, 0.05) is 13.7 Å². The Morgan fingerprint density at radius 2 is 1.96 bits per heavy atom. The Morgan fingerprint density at radius 1 is 1.22 bits per heavy atom. The molecular weight excluding hydrogens is 349 g/mol. The lowest BCUT2D eigenvalue weighted by Crippen LogP contribution is -2.41. The van der Waals surface area contributed by atoms with E-state index in [2.05, 4.69) is 6.92 Å². The van der Waals surface area contributed by atoms with Crippen LogP contribution < -0.4 is 0 Å². The molecule has 2 heterocycles. The predicted molar refractivity (Wildman–Crippen MR) is 96.1 cm³/mol. The number of carbonyl (C=O) groups is 2. The van der Waals surface area contributed by atoms with E-state index in [0.29, 0.717) is 30.2 Å². The molecule has 4 rings (SSSR count). The van der Waals surface area contributed by atoms with Crippen molar-refractivity contribution in [2.45, 2.75) is 38.3 Å². The number of nitrogens with zero attached hydrogens (tertiary/aromatic N) is 1. The molecule has 0 spiro atoms. The van der Waals surface area contributed by atoms with Crippen molar-refractivity contribution in [2.24, 2.45) is 11.8 Å². The second-order valence-corrected chi connectivity index (χ2v) is 7.73. The Morgan fingerprint density at radius 3 is 2.67 bits per heavy atom. The summed E-state index contributed by atoms with van der Waals surface area (Å²) in [6.07, 6.45) is 2.36. The van der Waals surface area contributed by atoms with E-state index in [-0.39, 0.29) is 35.3 Å². The number of Topliss-reactive ketones (excluding diaryl/α,β-unsaturated/α-hetero) is 1. The molecule has 0 N–H and O–H groups in total. The third-order valence-electron chi connectivity index (χ3n) is 5.93. The largest absolute Gasteiger partial charge is 0.483 e. The molecule has 0 saturated heterocycles. The number of ether oxygens (including phenoxy) is 2. The molecule has 0 bridgehead atoms. The first kappa shape index (κ1) is 18.2. The van der Waals surface area contributed by atoms with Crippen molar-refractivity contribution in [3.8, 4) is 0 Å². The maximum atomic E-state index is 13.4. The molecule has 1 aromatic rings. The van der Waals surface area contributed by atoms with Crippen molar-refractivity contribution < 1.29 is 23.5 Å². The summed E-state index contributed by atoms with van der Waals surface area (Å²) in [4.78, 5) is 28.0. The van der Waals surface area contributed by atoms with E-state index in [1.807, 2.05) is 0 Å². The minimum atomic E-state index is -0.547. The average molecular weight is 373 g/mol. The summed E-state index contributed by atoms with van der Waals surface area (Å²) in [6, 6.07) is 5.42. The molecule has 3 aliphatic rings. The minimum Gasteiger partial charge on any atom is -0.483 e. The van der Waals surface area contributed by atoms with E-state index in [0.717, 1.165) is 19.3 Å². The van der Waals surface area contributed by atoms with Crippen LogP contribution >= 0.6 is 0 Å². The highest BCUT2D eigenvalue weighted by molar-refractivity contribution is 6.11. The van der Waals surface area contributed by atoms with Crippen LogP contribution in [0.15, 0.2) is 35.6 Å². The molecule has 0 aromatic heterocycles. The van der Waals surface area contributed by atoms with E-state index >= 15 is 0 Å². The summed E-state index contributed by atoms with van der Waals surface area (Å²) in [5, 5.41) is 0. The number of halogens is 1. The number of carbonyl (C=O) groups excluding carboxylic acids is 2. The highest BCUT2D eigenvalue weighted by Gasteiger charge is 2.52. The Bertz CT molecular complexity index is 788. The van der Waals surface area contributed by atoms with Crippen molar-refractivity contribution in [3.05, 3.63) is 47.0 Å². The molecule has 2 aliphatic heterocycles. The quantitative estimate of drug-likeness (QED) is 0.814. The molecule has 4 atom stereocenters. The molecule has 5 nitrogen and oxygen atoms in total. The molecule has 144 valence electrons. The summed E-state index contributed by atoms with van der Waals surface area (Å²) >= 11 is 0. The fourth-order valence-corrected chi connectivity index (χ4v) is 4.54. The van der Waals surface area contributed by atoms with Crippen molar-refractivity contribution in [2.75, 3.05) is 20.3 Å². The van der Waals surface area contributed by atoms with Crippen LogP contribution in [0.5, 0.6) is 0 Å². The highest BCUT2D eigenvalue weighted by atomic mass is 19.1. The third kappa shape index (κ3) is 3.06. The van der Waals surface area contributed by atoms with Crippen LogP contribution in [0.25, 0.3) is 0 Å². The lowest BCUT2D eigenvalue weighted by atomic mass is 9.74. The second kappa shape index (κ2) is 7.08. The maximum absolute atomic E-state index is 13.4. The van der Waals surface area contributed by atoms with Gasteiger partial charge in [0.1, 0.15) is 11.9 Å². The van der Waals surface area contributed by atoms with Gasteiger partial charge in [-0.15, -0.1) is 0 Å². The van der Waals surface area contributed by atoms with E-state index in [9.17, 15) is 14.0 Å². The third-order valence-corrected chi connectivity index (χ3v) is 5.93. The number of methoxy groups -OCH3 is 1. The lowest BCUT2D eigenvalue weighted by molar-refractivity contribution is -0.136. The second-order valence-electron chi connectivity index (χ2n) is 7.73.